The normalized spacial score (nSPS) is 13.4. The second-order valence-electron chi connectivity index (χ2n) is 16.4. The second-order valence-corrected chi connectivity index (χ2v) is 16.4. The minimum absolute atomic E-state index is 0.227. The summed E-state index contributed by atoms with van der Waals surface area (Å²) in [4.78, 5) is 43.5. The number of rotatable bonds is 14. The lowest BCUT2D eigenvalue weighted by Crippen LogP contribution is -2.38. The Kier molecular flexibility index (Phi) is 12.0. The summed E-state index contributed by atoms with van der Waals surface area (Å²) in [5, 5.41) is 0. The minimum atomic E-state index is -0.237. The number of quaternary nitrogens is 2. The smallest absolute Gasteiger partial charge is 0.306 e. The van der Waals surface area contributed by atoms with E-state index in [-0.39, 0.29) is 24.8 Å². The van der Waals surface area contributed by atoms with Crippen molar-refractivity contribution in [3.63, 3.8) is 0 Å². The number of likely N-dealkylation sites (N-methyl/N-ethyl adjacent to an activating group) is 2. The molecule has 0 radical (unpaired) electrons. The van der Waals surface area contributed by atoms with Gasteiger partial charge in [-0.2, -0.15) is 0 Å². The van der Waals surface area contributed by atoms with E-state index in [9.17, 15) is 9.59 Å². The summed E-state index contributed by atoms with van der Waals surface area (Å²) in [5.41, 5.74) is 14.8. The number of nitrogens with one attached hydrogen (secondary N) is 2. The van der Waals surface area contributed by atoms with Gasteiger partial charge in [0.05, 0.1) is 65.1 Å². The van der Waals surface area contributed by atoms with E-state index in [1.807, 2.05) is 18.2 Å². The van der Waals surface area contributed by atoms with Crippen molar-refractivity contribution in [2.75, 3.05) is 68.6 Å². The molecule has 8 bridgehead atoms. The van der Waals surface area contributed by atoms with Crippen molar-refractivity contribution in [2.45, 2.75) is 53.4 Å². The first-order valence-electron chi connectivity index (χ1n) is 18.7. The van der Waals surface area contributed by atoms with Gasteiger partial charge in [-0.3, -0.25) is 9.59 Å². The van der Waals surface area contributed by atoms with Crippen LogP contribution in [0.1, 0.15) is 78.1 Å². The number of aromatic amines is 2. The van der Waals surface area contributed by atoms with E-state index in [1.165, 1.54) is 0 Å². The molecular formula is C44H58N6O4+2. The molecule has 3 aromatic rings. The zero-order valence-electron chi connectivity index (χ0n) is 34.0. The van der Waals surface area contributed by atoms with Crippen molar-refractivity contribution in [1.82, 2.24) is 19.9 Å². The van der Waals surface area contributed by atoms with Crippen LogP contribution in [0.2, 0.25) is 0 Å². The lowest BCUT2D eigenvalue weighted by Gasteiger charge is -2.23. The third kappa shape index (κ3) is 9.35. The Morgan fingerprint density at radius 3 is 1.78 bits per heavy atom. The Bertz CT molecular complexity index is 2220. The highest BCUT2D eigenvalue weighted by atomic mass is 16.5. The van der Waals surface area contributed by atoms with E-state index in [1.54, 1.807) is 0 Å². The first-order valence-corrected chi connectivity index (χ1v) is 18.7. The number of aromatic nitrogens is 4. The van der Waals surface area contributed by atoms with Crippen molar-refractivity contribution < 1.29 is 28.0 Å². The van der Waals surface area contributed by atoms with Crippen LogP contribution >= 0.6 is 0 Å². The van der Waals surface area contributed by atoms with Crippen LogP contribution in [0, 0.1) is 13.8 Å². The van der Waals surface area contributed by atoms with Crippen LogP contribution in [0.4, 0.5) is 0 Å². The molecule has 0 amide bonds. The SMILES string of the molecule is C=CC1=C(C)c2cc3nc(cc4[nH]c(cc5[nH]c(cc1n2)c(C)c5C=C)c(C)c4CCC(=O)OCC[N+](C)(C)C)C(CCC(=O)OCC[N+](C)(C)C)=C3C. The van der Waals surface area contributed by atoms with Gasteiger partial charge < -0.3 is 28.4 Å². The van der Waals surface area contributed by atoms with Gasteiger partial charge in [-0.25, -0.2) is 9.97 Å². The summed E-state index contributed by atoms with van der Waals surface area (Å²) >= 11 is 0. The third-order valence-corrected chi connectivity index (χ3v) is 10.3. The first kappa shape index (κ1) is 40.1. The van der Waals surface area contributed by atoms with Crippen molar-refractivity contribution in [1.29, 1.82) is 0 Å². The average Bonchev–Trinajstić information content (AvgIpc) is 3.74. The van der Waals surface area contributed by atoms with E-state index in [4.69, 9.17) is 19.4 Å². The van der Waals surface area contributed by atoms with Gasteiger partial charge >= 0.3 is 11.9 Å². The monoisotopic (exact) mass is 734 g/mol. The molecule has 5 heterocycles. The van der Waals surface area contributed by atoms with Gasteiger partial charge in [-0.05, 0) is 98.2 Å². The van der Waals surface area contributed by atoms with E-state index < -0.39 is 0 Å². The van der Waals surface area contributed by atoms with E-state index >= 15 is 0 Å². The Hall–Kier alpha value is -5.06. The van der Waals surface area contributed by atoms with Crippen molar-refractivity contribution in [3.8, 4) is 0 Å². The fourth-order valence-electron chi connectivity index (χ4n) is 6.77. The van der Waals surface area contributed by atoms with Gasteiger partial charge in [0.15, 0.2) is 0 Å². The van der Waals surface area contributed by atoms with E-state index in [0.717, 1.165) is 102 Å². The molecule has 0 atom stereocenters. The fourth-order valence-corrected chi connectivity index (χ4v) is 6.77. The number of hydrogen-bond acceptors (Lipinski definition) is 6. The third-order valence-electron chi connectivity index (χ3n) is 10.3. The maximum absolute atomic E-state index is 13.0. The molecular weight excluding hydrogens is 677 g/mol. The molecule has 0 saturated heterocycles. The predicted octanol–water partition coefficient (Wildman–Crippen LogP) is 7.83. The number of H-pyrrole nitrogens is 2. The van der Waals surface area contributed by atoms with Crippen LogP contribution in [-0.2, 0) is 25.5 Å². The van der Waals surface area contributed by atoms with Crippen LogP contribution < -0.4 is 0 Å². The molecule has 286 valence electrons. The van der Waals surface area contributed by atoms with E-state index in [2.05, 4.69) is 111 Å². The molecule has 2 N–H and O–H groups in total. The van der Waals surface area contributed by atoms with Crippen LogP contribution in [0.15, 0.2) is 43.5 Å². The van der Waals surface area contributed by atoms with Crippen molar-refractivity contribution >= 4 is 62.4 Å². The molecule has 0 aliphatic carbocycles. The quantitative estimate of drug-likeness (QED) is 0.129. The molecule has 2 aliphatic heterocycles. The van der Waals surface area contributed by atoms with Gasteiger partial charge in [-0.15, -0.1) is 0 Å². The van der Waals surface area contributed by atoms with Crippen LogP contribution in [-0.4, -0.2) is 109 Å². The summed E-state index contributed by atoms with van der Waals surface area (Å²) in [6.45, 7) is 18.7. The number of carbonyl (C=O) groups excluding carboxylic acids is 2. The maximum atomic E-state index is 13.0. The Morgan fingerprint density at radius 1 is 0.648 bits per heavy atom. The zero-order chi connectivity index (χ0) is 39.5. The predicted molar refractivity (Wildman–Crippen MR) is 221 cm³/mol. The topological polar surface area (TPSA) is 110 Å². The highest BCUT2D eigenvalue weighted by Crippen LogP contribution is 2.37. The highest BCUT2D eigenvalue weighted by molar-refractivity contribution is 5.98. The molecule has 10 heteroatoms. The second kappa shape index (κ2) is 16.1. The summed E-state index contributed by atoms with van der Waals surface area (Å²) in [5.74, 6) is -0.467. The number of carbonyl (C=O) groups is 2. The lowest BCUT2D eigenvalue weighted by molar-refractivity contribution is -0.870. The largest absolute Gasteiger partial charge is 0.460 e. The first-order chi connectivity index (χ1) is 25.4. The van der Waals surface area contributed by atoms with Crippen molar-refractivity contribution in [3.05, 3.63) is 88.5 Å². The molecule has 0 aromatic carbocycles. The number of ether oxygens (including phenoxy) is 2. The van der Waals surface area contributed by atoms with Gasteiger partial charge in [0.25, 0.3) is 0 Å². The molecule has 0 spiro atoms. The van der Waals surface area contributed by atoms with E-state index in [0.29, 0.717) is 35.0 Å². The number of aryl methyl sites for hydroxylation is 3. The molecule has 10 nitrogen and oxygen atoms in total. The standard InChI is InChI=1S/C44H58N6O4/c1-13-31-27(3)35-23-36-29(5)33(15-17-43(51)53-21-19-49(7,8)9)41(47-36)26-42-34(16-18-44(52)54-22-20-50(10,11)12)30(6)38(48-42)25-40-32(14-2)28(4)37(46-40)24-39(31)45-35/h13-14,23-26,46,48H,1-2,15-22H2,3-12H3/q+2. The molecule has 2 aliphatic rings. The Morgan fingerprint density at radius 2 is 1.19 bits per heavy atom. The lowest BCUT2D eigenvalue weighted by atomic mass is 10.00. The average molecular weight is 735 g/mol. The van der Waals surface area contributed by atoms with Gasteiger partial charge in [0.1, 0.15) is 26.3 Å². The fraction of sp³-hybridized carbons (Fsp3) is 0.409. The minimum Gasteiger partial charge on any atom is -0.460 e. The van der Waals surface area contributed by atoms with Gasteiger partial charge in [0.2, 0.25) is 0 Å². The van der Waals surface area contributed by atoms with Gasteiger partial charge in [0, 0.05) is 46.0 Å². The Balaban J connectivity index is 1.69. The molecule has 3 aromatic heterocycles. The van der Waals surface area contributed by atoms with Gasteiger partial charge in [-0.1, -0.05) is 25.3 Å². The molecule has 0 saturated carbocycles. The number of fused-ring (bicyclic) bond motifs is 8. The number of esters is 2. The molecule has 0 fully saturated rings. The number of hydrogen-bond donors (Lipinski definition) is 2. The summed E-state index contributed by atoms with van der Waals surface area (Å²) in [6.07, 6.45) is 5.14. The van der Waals surface area contributed by atoms with Crippen molar-refractivity contribution in [2.24, 2.45) is 0 Å². The summed E-state index contributed by atoms with van der Waals surface area (Å²) in [6, 6.07) is 8.24. The van der Waals surface area contributed by atoms with Crippen LogP contribution in [0.3, 0.4) is 0 Å². The molecule has 0 unspecified atom stereocenters. The maximum Gasteiger partial charge on any atom is 0.306 e. The number of nitrogens with zero attached hydrogens (tertiary/aromatic N) is 4. The van der Waals surface area contributed by atoms with Crippen LogP contribution in [0.25, 0.3) is 50.4 Å². The summed E-state index contributed by atoms with van der Waals surface area (Å²) < 4.78 is 12.7. The molecule has 5 rings (SSSR count). The highest BCUT2D eigenvalue weighted by Gasteiger charge is 2.22. The van der Waals surface area contributed by atoms with Crippen LogP contribution in [0.5, 0.6) is 0 Å². The summed E-state index contributed by atoms with van der Waals surface area (Å²) in [7, 11) is 12.4. The molecule has 54 heavy (non-hydrogen) atoms. The zero-order valence-corrected chi connectivity index (χ0v) is 34.0. The number of allylic oxidation sites excluding steroid dienone is 5. The Labute approximate surface area is 320 Å².